The molecule has 30 heavy (non-hydrogen) atoms. The topological polar surface area (TPSA) is 81.1 Å². The summed E-state index contributed by atoms with van der Waals surface area (Å²) >= 11 is 6.01. The zero-order valence-corrected chi connectivity index (χ0v) is 17.2. The first-order chi connectivity index (χ1) is 13.9. The minimum Gasteiger partial charge on any atom is -0.296 e. The summed E-state index contributed by atoms with van der Waals surface area (Å²) in [5, 5.41) is 0.362. The lowest BCUT2D eigenvalue weighted by Gasteiger charge is -2.11. The molecule has 1 N–H and O–H groups in total. The minimum absolute atomic E-state index is 0.0431. The highest BCUT2D eigenvalue weighted by molar-refractivity contribution is 7.90. The molecule has 0 atom stereocenters. The fraction of sp³-hybridized carbons (Fsp3) is 0.158. The molecule has 3 rings (SSSR count). The van der Waals surface area contributed by atoms with E-state index in [9.17, 15) is 26.4 Å². The maximum absolute atomic E-state index is 13.6. The van der Waals surface area contributed by atoms with Crippen LogP contribution in [-0.4, -0.2) is 23.9 Å². The van der Waals surface area contributed by atoms with Gasteiger partial charge in [0.25, 0.3) is 10.0 Å². The van der Waals surface area contributed by atoms with Gasteiger partial charge in [0.15, 0.2) is 0 Å². The van der Waals surface area contributed by atoms with Gasteiger partial charge in [-0.2, -0.15) is 13.2 Å². The van der Waals surface area contributed by atoms with Crippen LogP contribution in [0.4, 0.5) is 13.2 Å². The Kier molecular flexibility index (Phi) is 5.66. The zero-order chi connectivity index (χ0) is 22.3. The zero-order valence-electron chi connectivity index (χ0n) is 15.7. The lowest BCUT2D eigenvalue weighted by molar-refractivity contribution is -0.145. The molecular formula is C19H15ClF3N3O3S. The fourth-order valence-electron chi connectivity index (χ4n) is 2.83. The number of halogens is 4. The molecule has 0 radical (unpaired) electrons. The van der Waals surface area contributed by atoms with Crippen molar-refractivity contribution >= 4 is 27.5 Å². The molecule has 158 valence electrons. The molecule has 2 aromatic carbocycles. The molecule has 1 aromatic heterocycles. The molecule has 0 aliphatic rings. The second-order valence-corrected chi connectivity index (χ2v) is 8.61. The number of carbonyl (C=O) groups is 1. The molecule has 0 spiro atoms. The Bertz CT molecular complexity index is 1200. The highest BCUT2D eigenvalue weighted by atomic mass is 35.5. The Hall–Kier alpha value is -2.85. The average molecular weight is 458 g/mol. The highest BCUT2D eigenvalue weighted by Gasteiger charge is 2.37. The number of aromatic nitrogens is 2. The van der Waals surface area contributed by atoms with E-state index in [0.29, 0.717) is 10.6 Å². The molecule has 0 saturated carbocycles. The molecule has 0 bridgehead atoms. The van der Waals surface area contributed by atoms with Crippen molar-refractivity contribution in [1.82, 2.24) is 14.3 Å². The van der Waals surface area contributed by atoms with Crippen LogP contribution in [0.2, 0.25) is 5.02 Å². The van der Waals surface area contributed by atoms with Crippen LogP contribution in [0.5, 0.6) is 0 Å². The molecule has 0 aliphatic heterocycles. The van der Waals surface area contributed by atoms with Crippen molar-refractivity contribution in [2.75, 3.05) is 0 Å². The van der Waals surface area contributed by atoms with Crippen LogP contribution in [0, 0.1) is 6.92 Å². The van der Waals surface area contributed by atoms with Crippen molar-refractivity contribution in [1.29, 1.82) is 0 Å². The Labute approximate surface area is 175 Å². The third kappa shape index (κ3) is 4.65. The van der Waals surface area contributed by atoms with Crippen molar-refractivity contribution in [3.63, 3.8) is 0 Å². The number of alkyl halides is 3. The van der Waals surface area contributed by atoms with E-state index in [-0.39, 0.29) is 16.3 Å². The van der Waals surface area contributed by atoms with Crippen LogP contribution >= 0.6 is 11.6 Å². The Morgan fingerprint density at radius 3 is 2.30 bits per heavy atom. The van der Waals surface area contributed by atoms with Gasteiger partial charge in [-0.15, -0.1) is 0 Å². The minimum atomic E-state index is -4.76. The number of carbonyl (C=O) groups excluding carboxylic acids is 1. The maximum Gasteiger partial charge on any atom is 0.450 e. The predicted molar refractivity (Wildman–Crippen MR) is 105 cm³/mol. The third-order valence-electron chi connectivity index (χ3n) is 4.00. The molecule has 0 aliphatic carbocycles. The van der Waals surface area contributed by atoms with Crippen LogP contribution in [-0.2, 0) is 21.0 Å². The van der Waals surface area contributed by atoms with Crippen molar-refractivity contribution < 1.29 is 26.4 Å². The molecule has 0 unspecified atom stereocenters. The van der Waals surface area contributed by atoms with Crippen molar-refractivity contribution in [2.45, 2.75) is 24.9 Å². The van der Waals surface area contributed by atoms with Gasteiger partial charge in [0.05, 0.1) is 10.6 Å². The summed E-state index contributed by atoms with van der Waals surface area (Å²) in [5.74, 6) is -1.96. The molecule has 1 heterocycles. The Balaban J connectivity index is 2.09. The Morgan fingerprint density at radius 1 is 1.13 bits per heavy atom. The standard InChI is InChI=1S/C19H15ClF3N3O3S/c1-11-7-13(9-14(20)8-11)17-10-26(18(24-17)19(21,22)23)15-3-5-16(6-4-15)30(28,29)25-12(2)27/h3-10H,1-2H3,(H,25,27). The number of hydrogen-bond acceptors (Lipinski definition) is 4. The molecular weight excluding hydrogens is 443 g/mol. The van der Waals surface area contributed by atoms with Gasteiger partial charge in [0, 0.05) is 29.4 Å². The summed E-state index contributed by atoms with van der Waals surface area (Å²) in [4.78, 5) is 14.5. The first-order valence-electron chi connectivity index (χ1n) is 8.45. The molecule has 0 saturated heterocycles. The van der Waals surface area contributed by atoms with Gasteiger partial charge in [-0.1, -0.05) is 11.6 Å². The molecule has 11 heteroatoms. The van der Waals surface area contributed by atoms with E-state index in [0.717, 1.165) is 29.2 Å². The van der Waals surface area contributed by atoms with E-state index in [2.05, 4.69) is 4.98 Å². The summed E-state index contributed by atoms with van der Waals surface area (Å²) in [6.07, 6.45) is -3.56. The van der Waals surface area contributed by atoms with Gasteiger partial charge in [-0.05, 0) is 55.0 Å². The van der Waals surface area contributed by atoms with Gasteiger partial charge >= 0.3 is 6.18 Å². The second-order valence-electron chi connectivity index (χ2n) is 6.49. The summed E-state index contributed by atoms with van der Waals surface area (Å²) in [5.41, 5.74) is 1.27. The van der Waals surface area contributed by atoms with Gasteiger partial charge < -0.3 is 0 Å². The lowest BCUT2D eigenvalue weighted by atomic mass is 10.1. The number of aryl methyl sites for hydroxylation is 1. The van der Waals surface area contributed by atoms with E-state index >= 15 is 0 Å². The molecule has 1 amide bonds. The number of benzene rings is 2. The van der Waals surface area contributed by atoms with Crippen LogP contribution in [0.3, 0.4) is 0 Å². The summed E-state index contributed by atoms with van der Waals surface area (Å²) in [7, 11) is -4.11. The van der Waals surface area contributed by atoms with Crippen LogP contribution in [0.1, 0.15) is 18.3 Å². The van der Waals surface area contributed by atoms with Crippen LogP contribution in [0.25, 0.3) is 16.9 Å². The normalized spacial score (nSPS) is 12.1. The van der Waals surface area contributed by atoms with Crippen molar-refractivity contribution in [2.24, 2.45) is 0 Å². The summed E-state index contributed by atoms with van der Waals surface area (Å²) < 4.78 is 67.4. The third-order valence-corrected chi connectivity index (χ3v) is 5.67. The monoisotopic (exact) mass is 457 g/mol. The SMILES string of the molecule is CC(=O)NS(=O)(=O)c1ccc(-n2cc(-c3cc(C)cc(Cl)c3)nc2C(F)(F)F)cc1. The molecule has 0 fully saturated rings. The number of nitrogens with one attached hydrogen (secondary N) is 1. The van der Waals surface area contributed by atoms with Crippen LogP contribution in [0.15, 0.2) is 53.6 Å². The quantitative estimate of drug-likeness (QED) is 0.631. The summed E-state index contributed by atoms with van der Waals surface area (Å²) in [6.45, 7) is 2.79. The Morgan fingerprint density at radius 2 is 1.77 bits per heavy atom. The number of nitrogens with zero attached hydrogens (tertiary/aromatic N) is 2. The van der Waals surface area contributed by atoms with Crippen molar-refractivity contribution in [3.05, 3.63) is 65.1 Å². The number of amides is 1. The van der Waals surface area contributed by atoms with Gasteiger partial charge in [0.1, 0.15) is 0 Å². The largest absolute Gasteiger partial charge is 0.450 e. The first kappa shape index (κ1) is 21.8. The van der Waals surface area contributed by atoms with Gasteiger partial charge in [-0.3, -0.25) is 9.36 Å². The number of rotatable bonds is 4. The maximum atomic E-state index is 13.6. The van der Waals surface area contributed by atoms with E-state index in [4.69, 9.17) is 11.6 Å². The molecule has 6 nitrogen and oxygen atoms in total. The predicted octanol–water partition coefficient (Wildman–Crippen LogP) is 4.34. The smallest absolute Gasteiger partial charge is 0.296 e. The van der Waals surface area contributed by atoms with E-state index in [1.54, 1.807) is 23.8 Å². The number of sulfonamides is 1. The number of imidazole rings is 1. The van der Waals surface area contributed by atoms with E-state index in [1.165, 1.54) is 24.4 Å². The fourth-order valence-corrected chi connectivity index (χ4v) is 4.11. The number of hydrogen-bond donors (Lipinski definition) is 1. The van der Waals surface area contributed by atoms with Gasteiger partial charge in [-0.25, -0.2) is 18.1 Å². The molecule has 3 aromatic rings. The average Bonchev–Trinajstić information content (AvgIpc) is 3.06. The summed E-state index contributed by atoms with van der Waals surface area (Å²) in [6, 6.07) is 9.42. The highest BCUT2D eigenvalue weighted by Crippen LogP contribution is 2.34. The first-order valence-corrected chi connectivity index (χ1v) is 10.3. The van der Waals surface area contributed by atoms with Crippen molar-refractivity contribution in [3.8, 4) is 16.9 Å². The van der Waals surface area contributed by atoms with Crippen LogP contribution < -0.4 is 4.72 Å². The van der Waals surface area contributed by atoms with Gasteiger partial charge in [0.2, 0.25) is 11.7 Å². The lowest BCUT2D eigenvalue weighted by Crippen LogP contribution is -2.28. The van der Waals surface area contributed by atoms with E-state index < -0.39 is 27.9 Å². The second kappa shape index (κ2) is 7.77. The van der Waals surface area contributed by atoms with E-state index in [1.807, 2.05) is 0 Å².